The summed E-state index contributed by atoms with van der Waals surface area (Å²) in [6.07, 6.45) is 1.33. The fraction of sp³-hybridized carbons (Fsp3) is 0.800. The van der Waals surface area contributed by atoms with Gasteiger partial charge in [-0.15, -0.1) is 0 Å². The molecule has 15 heavy (non-hydrogen) atoms. The molecule has 0 unspecified atom stereocenters. The number of nitrogens with zero attached hydrogens (tertiary/aromatic N) is 1. The van der Waals surface area contributed by atoms with Crippen molar-refractivity contribution < 1.29 is 9.59 Å². The molecule has 5 heteroatoms. The fourth-order valence-corrected chi connectivity index (χ4v) is 1.05. The van der Waals surface area contributed by atoms with Crippen LogP contribution in [0.2, 0.25) is 0 Å². The van der Waals surface area contributed by atoms with Crippen LogP contribution in [-0.4, -0.2) is 50.4 Å². The third-order valence-electron chi connectivity index (χ3n) is 1.97. The van der Waals surface area contributed by atoms with Crippen LogP contribution in [0.5, 0.6) is 0 Å². The van der Waals surface area contributed by atoms with Crippen molar-refractivity contribution in [3.8, 4) is 0 Å². The third kappa shape index (κ3) is 6.90. The molecule has 0 aliphatic rings. The Balaban J connectivity index is 3.75. The summed E-state index contributed by atoms with van der Waals surface area (Å²) >= 11 is 0. The van der Waals surface area contributed by atoms with Crippen LogP contribution in [0.1, 0.15) is 19.8 Å². The van der Waals surface area contributed by atoms with Crippen molar-refractivity contribution in [2.75, 3.05) is 33.7 Å². The van der Waals surface area contributed by atoms with Gasteiger partial charge in [0.15, 0.2) is 0 Å². The number of carbonyl (C=O) groups is 2. The molecule has 0 heterocycles. The molecule has 0 aliphatic carbocycles. The van der Waals surface area contributed by atoms with Gasteiger partial charge in [-0.25, -0.2) is 0 Å². The van der Waals surface area contributed by atoms with Gasteiger partial charge in [-0.2, -0.15) is 0 Å². The monoisotopic (exact) mass is 215 g/mol. The van der Waals surface area contributed by atoms with Gasteiger partial charge < -0.3 is 15.5 Å². The predicted octanol–water partition coefficient (Wildman–Crippen LogP) is -0.419. The molecule has 0 aliphatic heterocycles. The zero-order valence-electron chi connectivity index (χ0n) is 9.80. The average Bonchev–Trinajstić information content (AvgIpc) is 2.22. The molecule has 2 N–H and O–H groups in total. The predicted molar refractivity (Wildman–Crippen MR) is 59.5 cm³/mol. The molecule has 88 valence electrons. The van der Waals surface area contributed by atoms with Crippen LogP contribution in [0.15, 0.2) is 0 Å². The molecule has 0 bridgehead atoms. The van der Waals surface area contributed by atoms with Crippen molar-refractivity contribution in [1.29, 1.82) is 0 Å². The van der Waals surface area contributed by atoms with E-state index in [2.05, 4.69) is 10.6 Å². The molecule has 0 radical (unpaired) electrons. The molecule has 0 aromatic carbocycles. The third-order valence-corrected chi connectivity index (χ3v) is 1.97. The first-order valence-electron chi connectivity index (χ1n) is 5.27. The minimum Gasteiger partial charge on any atom is -0.355 e. The van der Waals surface area contributed by atoms with Crippen molar-refractivity contribution in [1.82, 2.24) is 15.5 Å². The lowest BCUT2D eigenvalue weighted by atomic mass is 10.3. The Hall–Kier alpha value is -1.10. The van der Waals surface area contributed by atoms with Gasteiger partial charge in [0.05, 0.1) is 6.54 Å². The van der Waals surface area contributed by atoms with E-state index in [1.807, 2.05) is 6.92 Å². The van der Waals surface area contributed by atoms with Crippen LogP contribution in [0.4, 0.5) is 0 Å². The van der Waals surface area contributed by atoms with Crippen molar-refractivity contribution in [3.63, 3.8) is 0 Å². The Morgan fingerprint density at radius 1 is 1.27 bits per heavy atom. The van der Waals surface area contributed by atoms with E-state index in [0.29, 0.717) is 19.5 Å². The highest BCUT2D eigenvalue weighted by molar-refractivity contribution is 5.84. The maximum atomic E-state index is 11.4. The Morgan fingerprint density at radius 3 is 2.47 bits per heavy atom. The van der Waals surface area contributed by atoms with Gasteiger partial charge in [-0.05, 0) is 13.5 Å². The number of hydrogen-bond acceptors (Lipinski definition) is 3. The summed E-state index contributed by atoms with van der Waals surface area (Å²) in [5.74, 6) is -0.117. The summed E-state index contributed by atoms with van der Waals surface area (Å²) in [4.78, 5) is 24.1. The van der Waals surface area contributed by atoms with Gasteiger partial charge in [-0.3, -0.25) is 9.59 Å². The van der Waals surface area contributed by atoms with Gasteiger partial charge >= 0.3 is 0 Å². The highest BCUT2D eigenvalue weighted by Crippen LogP contribution is 1.89. The second-order valence-electron chi connectivity index (χ2n) is 3.45. The Kier molecular flexibility index (Phi) is 7.62. The van der Waals surface area contributed by atoms with Crippen LogP contribution in [0.3, 0.4) is 0 Å². The summed E-state index contributed by atoms with van der Waals surface area (Å²) in [6, 6.07) is 0. The lowest BCUT2D eigenvalue weighted by molar-refractivity contribution is -0.134. The number of nitrogens with one attached hydrogen (secondary N) is 2. The number of carbonyl (C=O) groups excluding carboxylic acids is 2. The highest BCUT2D eigenvalue weighted by atomic mass is 16.2. The lowest BCUT2D eigenvalue weighted by Crippen LogP contribution is -2.39. The normalized spacial score (nSPS) is 9.80. The molecule has 0 saturated heterocycles. The molecule has 0 rings (SSSR count). The molecule has 0 fully saturated rings. The van der Waals surface area contributed by atoms with Gasteiger partial charge in [-0.1, -0.05) is 6.92 Å². The second kappa shape index (κ2) is 8.23. The quantitative estimate of drug-likeness (QED) is 0.606. The SMILES string of the molecule is CCCNC(=O)CN(C)C(=O)CCNC. The molecular weight excluding hydrogens is 194 g/mol. The number of rotatable bonds is 7. The molecule has 0 aromatic rings. The molecule has 2 amide bonds. The summed E-state index contributed by atoms with van der Waals surface area (Å²) in [5.41, 5.74) is 0. The maximum Gasteiger partial charge on any atom is 0.239 e. The zero-order chi connectivity index (χ0) is 11.7. The molecule has 0 atom stereocenters. The van der Waals surface area contributed by atoms with E-state index in [0.717, 1.165) is 6.42 Å². The van der Waals surface area contributed by atoms with E-state index in [-0.39, 0.29) is 18.4 Å². The van der Waals surface area contributed by atoms with Gasteiger partial charge in [0, 0.05) is 26.6 Å². The van der Waals surface area contributed by atoms with Crippen LogP contribution >= 0.6 is 0 Å². The largest absolute Gasteiger partial charge is 0.355 e. The van der Waals surface area contributed by atoms with E-state index in [1.165, 1.54) is 4.90 Å². The molecular formula is C10H21N3O2. The Bertz CT molecular complexity index is 207. The summed E-state index contributed by atoms with van der Waals surface area (Å²) in [6.45, 7) is 3.43. The van der Waals surface area contributed by atoms with Crippen molar-refractivity contribution >= 4 is 11.8 Å². The molecule has 5 nitrogen and oxygen atoms in total. The molecule has 0 saturated carbocycles. The summed E-state index contributed by atoms with van der Waals surface area (Å²) < 4.78 is 0. The van der Waals surface area contributed by atoms with Crippen molar-refractivity contribution in [2.24, 2.45) is 0 Å². The first-order valence-corrected chi connectivity index (χ1v) is 5.27. The molecule has 0 spiro atoms. The minimum atomic E-state index is -0.0999. The molecule has 0 aromatic heterocycles. The number of hydrogen-bond donors (Lipinski definition) is 2. The number of amides is 2. The van der Waals surface area contributed by atoms with Gasteiger partial charge in [0.1, 0.15) is 0 Å². The van der Waals surface area contributed by atoms with Crippen LogP contribution in [0, 0.1) is 0 Å². The van der Waals surface area contributed by atoms with Crippen LogP contribution < -0.4 is 10.6 Å². The van der Waals surface area contributed by atoms with Gasteiger partial charge in [0.25, 0.3) is 0 Å². The zero-order valence-corrected chi connectivity index (χ0v) is 9.80. The highest BCUT2D eigenvalue weighted by Gasteiger charge is 2.11. The minimum absolute atomic E-state index is 0.0176. The lowest BCUT2D eigenvalue weighted by Gasteiger charge is -2.16. The summed E-state index contributed by atoms with van der Waals surface area (Å²) in [7, 11) is 3.44. The second-order valence-corrected chi connectivity index (χ2v) is 3.45. The Labute approximate surface area is 91.2 Å². The number of likely N-dealkylation sites (N-methyl/N-ethyl adjacent to an activating group) is 1. The van der Waals surface area contributed by atoms with E-state index in [4.69, 9.17) is 0 Å². The van der Waals surface area contributed by atoms with Crippen molar-refractivity contribution in [2.45, 2.75) is 19.8 Å². The fourth-order valence-electron chi connectivity index (χ4n) is 1.05. The first kappa shape index (κ1) is 13.9. The summed E-state index contributed by atoms with van der Waals surface area (Å²) in [5, 5.41) is 5.62. The van der Waals surface area contributed by atoms with E-state index in [1.54, 1.807) is 14.1 Å². The maximum absolute atomic E-state index is 11.4. The average molecular weight is 215 g/mol. The van der Waals surface area contributed by atoms with E-state index >= 15 is 0 Å². The standard InChI is InChI=1S/C10H21N3O2/c1-4-6-12-9(14)8-13(3)10(15)5-7-11-2/h11H,4-8H2,1-3H3,(H,12,14). The Morgan fingerprint density at radius 2 is 1.93 bits per heavy atom. The van der Waals surface area contributed by atoms with Crippen LogP contribution in [-0.2, 0) is 9.59 Å². The smallest absolute Gasteiger partial charge is 0.239 e. The van der Waals surface area contributed by atoms with E-state index in [9.17, 15) is 9.59 Å². The topological polar surface area (TPSA) is 61.4 Å². The van der Waals surface area contributed by atoms with Crippen LogP contribution in [0.25, 0.3) is 0 Å². The van der Waals surface area contributed by atoms with Gasteiger partial charge in [0.2, 0.25) is 11.8 Å². The van der Waals surface area contributed by atoms with E-state index < -0.39 is 0 Å². The first-order chi connectivity index (χ1) is 7.11. The van der Waals surface area contributed by atoms with Crippen molar-refractivity contribution in [3.05, 3.63) is 0 Å².